The van der Waals surface area contributed by atoms with Crippen molar-refractivity contribution in [1.82, 2.24) is 4.98 Å². The summed E-state index contributed by atoms with van der Waals surface area (Å²) < 4.78 is 35.7. The van der Waals surface area contributed by atoms with Gasteiger partial charge in [0.1, 0.15) is 10.6 Å². The summed E-state index contributed by atoms with van der Waals surface area (Å²) in [6.45, 7) is 0. The van der Waals surface area contributed by atoms with Crippen LogP contribution in [0.3, 0.4) is 0 Å². The van der Waals surface area contributed by atoms with E-state index in [1.54, 1.807) is 6.07 Å². The molecule has 0 atom stereocenters. The van der Waals surface area contributed by atoms with E-state index in [2.05, 4.69) is 26.2 Å². The second-order valence-corrected chi connectivity index (χ2v) is 5.98. The molecule has 0 radical (unpaired) electrons. The predicted molar refractivity (Wildman–Crippen MR) is 74.6 cm³/mol. The molecular weight excluding hydrogens is 351 g/mol. The Bertz CT molecular complexity index is 748. The number of benzene rings is 1. The summed E-state index contributed by atoms with van der Waals surface area (Å²) in [6.07, 6.45) is 1.42. The molecule has 1 N–H and O–H groups in total. The van der Waals surface area contributed by atoms with Gasteiger partial charge in [0.15, 0.2) is 0 Å². The smallest absolute Gasteiger partial charge is 0.319 e. The number of aromatic nitrogens is 1. The van der Waals surface area contributed by atoms with Crippen LogP contribution in [0, 0.1) is 0 Å². The summed E-state index contributed by atoms with van der Waals surface area (Å²) in [4.78, 5) is 15.2. The van der Waals surface area contributed by atoms with Crippen LogP contribution in [-0.2, 0) is 10.2 Å². The van der Waals surface area contributed by atoms with Crippen LogP contribution in [0.15, 0.2) is 52.0 Å². The van der Waals surface area contributed by atoms with Crippen LogP contribution in [0.4, 0.5) is 9.57 Å². The summed E-state index contributed by atoms with van der Waals surface area (Å²) in [7, 11) is -4.91. The first kappa shape index (κ1) is 14.6. The fourth-order valence-electron chi connectivity index (χ4n) is 1.48. The Morgan fingerprint density at radius 2 is 1.90 bits per heavy atom. The maximum absolute atomic E-state index is 13.1. The van der Waals surface area contributed by atoms with Crippen molar-refractivity contribution in [2.45, 2.75) is 4.90 Å². The fraction of sp³-hybridized carbons (Fsp3) is 0. The third kappa shape index (κ3) is 3.40. The summed E-state index contributed by atoms with van der Waals surface area (Å²) in [5.74, 6) is -0.631. The molecule has 8 heteroatoms. The lowest BCUT2D eigenvalue weighted by atomic mass is 10.3. The van der Waals surface area contributed by atoms with E-state index in [0.717, 1.165) is 6.07 Å². The molecule has 5 nitrogen and oxygen atoms in total. The molecule has 0 fully saturated rings. The van der Waals surface area contributed by atoms with Crippen LogP contribution in [0.25, 0.3) is 0 Å². The van der Waals surface area contributed by atoms with Gasteiger partial charge in [-0.05, 0) is 40.2 Å². The van der Waals surface area contributed by atoms with E-state index in [9.17, 15) is 17.1 Å². The molecule has 0 aliphatic carbocycles. The number of para-hydroxylation sites is 1. The van der Waals surface area contributed by atoms with Gasteiger partial charge in [-0.3, -0.25) is 4.79 Å². The van der Waals surface area contributed by atoms with Gasteiger partial charge in [0.25, 0.3) is 5.91 Å². The van der Waals surface area contributed by atoms with Crippen molar-refractivity contribution in [3.63, 3.8) is 0 Å². The van der Waals surface area contributed by atoms with Crippen molar-refractivity contribution < 1.29 is 17.1 Å². The Morgan fingerprint density at radius 3 is 2.50 bits per heavy atom. The van der Waals surface area contributed by atoms with Crippen LogP contribution in [0.5, 0.6) is 0 Å². The monoisotopic (exact) mass is 358 g/mol. The van der Waals surface area contributed by atoms with Gasteiger partial charge in [0.2, 0.25) is 0 Å². The molecule has 2 aromatic rings. The highest BCUT2D eigenvalue weighted by Gasteiger charge is 2.18. The van der Waals surface area contributed by atoms with E-state index in [0.29, 0.717) is 4.47 Å². The van der Waals surface area contributed by atoms with Gasteiger partial charge in [-0.25, -0.2) is 4.98 Å². The molecule has 20 heavy (non-hydrogen) atoms. The van der Waals surface area contributed by atoms with Gasteiger partial charge in [0.05, 0.1) is 5.69 Å². The van der Waals surface area contributed by atoms with Crippen LogP contribution >= 0.6 is 15.9 Å². The second-order valence-electron chi connectivity index (χ2n) is 3.75. The molecule has 2 rings (SSSR count). The molecule has 0 aliphatic heterocycles. The molecule has 104 valence electrons. The van der Waals surface area contributed by atoms with Crippen molar-refractivity contribution >= 4 is 37.7 Å². The zero-order valence-electron chi connectivity index (χ0n) is 9.88. The van der Waals surface area contributed by atoms with Gasteiger partial charge in [-0.2, -0.15) is 8.42 Å². The second kappa shape index (κ2) is 5.68. The molecular formula is C12H8BrFN2O3S. The van der Waals surface area contributed by atoms with E-state index in [-0.39, 0.29) is 11.4 Å². The van der Waals surface area contributed by atoms with Crippen molar-refractivity contribution in [3.8, 4) is 0 Å². The first-order valence-corrected chi connectivity index (χ1v) is 7.52. The number of nitrogens with zero attached hydrogens (tertiary/aromatic N) is 1. The Labute approximate surface area is 123 Å². The van der Waals surface area contributed by atoms with Crippen molar-refractivity contribution in [2.75, 3.05) is 5.32 Å². The number of carbonyl (C=O) groups excluding carboxylic acids is 1. The van der Waals surface area contributed by atoms with Crippen LogP contribution in [-0.4, -0.2) is 19.3 Å². The highest BCUT2D eigenvalue weighted by atomic mass is 79.9. The number of hydrogen-bond donors (Lipinski definition) is 1. The van der Waals surface area contributed by atoms with E-state index in [1.807, 2.05) is 0 Å². The van der Waals surface area contributed by atoms with Crippen LogP contribution in [0.2, 0.25) is 0 Å². The third-order valence-electron chi connectivity index (χ3n) is 2.36. The Balaban J connectivity index is 2.31. The van der Waals surface area contributed by atoms with Crippen LogP contribution < -0.4 is 5.32 Å². The molecule has 1 heterocycles. The first-order valence-electron chi connectivity index (χ1n) is 5.34. The Kier molecular flexibility index (Phi) is 4.15. The van der Waals surface area contributed by atoms with Gasteiger partial charge in [-0.15, -0.1) is 3.89 Å². The fourth-order valence-corrected chi connectivity index (χ4v) is 2.34. The van der Waals surface area contributed by atoms with Gasteiger partial charge >= 0.3 is 10.2 Å². The Morgan fingerprint density at radius 1 is 1.20 bits per heavy atom. The van der Waals surface area contributed by atoms with E-state index in [1.165, 1.54) is 30.5 Å². The average molecular weight is 359 g/mol. The number of carbonyl (C=O) groups is 1. The van der Waals surface area contributed by atoms with Gasteiger partial charge in [-0.1, -0.05) is 12.1 Å². The topological polar surface area (TPSA) is 76.1 Å². The summed E-state index contributed by atoms with van der Waals surface area (Å²) >= 11 is 3.18. The number of amides is 1. The van der Waals surface area contributed by atoms with Gasteiger partial charge < -0.3 is 5.32 Å². The zero-order valence-corrected chi connectivity index (χ0v) is 12.3. The molecule has 0 aliphatic rings. The molecule has 0 saturated heterocycles. The zero-order chi connectivity index (χ0) is 14.8. The highest BCUT2D eigenvalue weighted by molar-refractivity contribution is 9.10. The summed E-state index contributed by atoms with van der Waals surface area (Å²) in [5, 5.41) is 2.32. The minimum atomic E-state index is -4.91. The Hall–Kier alpha value is -1.80. The predicted octanol–water partition coefficient (Wildman–Crippen LogP) is 2.75. The number of rotatable bonds is 3. The number of halogens is 2. The summed E-state index contributed by atoms with van der Waals surface area (Å²) in [6, 6.07) is 8.27. The molecule has 0 spiro atoms. The number of pyridine rings is 1. The molecule has 1 aromatic carbocycles. The minimum Gasteiger partial charge on any atom is -0.319 e. The first-order chi connectivity index (χ1) is 9.38. The van der Waals surface area contributed by atoms with E-state index in [4.69, 9.17) is 0 Å². The van der Waals surface area contributed by atoms with Crippen molar-refractivity contribution in [3.05, 3.63) is 52.8 Å². The van der Waals surface area contributed by atoms with Crippen molar-refractivity contribution in [1.29, 1.82) is 0 Å². The molecule has 0 bridgehead atoms. The lowest BCUT2D eigenvalue weighted by Gasteiger charge is -2.07. The van der Waals surface area contributed by atoms with Crippen molar-refractivity contribution in [2.24, 2.45) is 0 Å². The van der Waals surface area contributed by atoms with E-state index < -0.39 is 21.0 Å². The average Bonchev–Trinajstić information content (AvgIpc) is 2.38. The standard InChI is InChI=1S/C12H8BrFN2O3S/c13-8-5-6-10(15-7-8)12(17)16-9-3-1-2-4-11(9)20(14,18)19/h1-7H,(H,16,17). The normalized spacial score (nSPS) is 11.1. The van der Waals surface area contributed by atoms with Crippen LogP contribution in [0.1, 0.15) is 10.5 Å². The quantitative estimate of drug-likeness (QED) is 0.855. The number of nitrogens with one attached hydrogen (secondary N) is 1. The molecule has 0 unspecified atom stereocenters. The summed E-state index contributed by atoms with van der Waals surface area (Å²) in [5.41, 5.74) is -0.0519. The minimum absolute atomic E-state index is 0.0826. The molecule has 0 saturated carbocycles. The maximum atomic E-state index is 13.1. The van der Waals surface area contributed by atoms with Gasteiger partial charge in [0, 0.05) is 10.7 Å². The molecule has 1 amide bonds. The number of anilines is 1. The SMILES string of the molecule is O=C(Nc1ccccc1S(=O)(=O)F)c1ccc(Br)cn1. The lowest BCUT2D eigenvalue weighted by Crippen LogP contribution is -2.15. The largest absolute Gasteiger partial charge is 0.334 e. The highest BCUT2D eigenvalue weighted by Crippen LogP contribution is 2.23. The molecule has 1 aromatic heterocycles. The maximum Gasteiger partial charge on any atom is 0.334 e. The van der Waals surface area contributed by atoms with E-state index >= 15 is 0 Å². The third-order valence-corrected chi connectivity index (χ3v) is 3.71. The number of hydrogen-bond acceptors (Lipinski definition) is 4. The lowest BCUT2D eigenvalue weighted by molar-refractivity contribution is 0.102.